The zero-order chi connectivity index (χ0) is 23.3. The summed E-state index contributed by atoms with van der Waals surface area (Å²) in [6, 6.07) is 0. The Morgan fingerprint density at radius 2 is 2.09 bits per heavy atom. The molecule has 11 heteroatoms. The lowest BCUT2D eigenvalue weighted by Crippen LogP contribution is -2.35. The van der Waals surface area contributed by atoms with Gasteiger partial charge >= 0.3 is 0 Å². The average Bonchev–Trinajstić information content (AvgIpc) is 3.51. The molecule has 4 aromatic heterocycles. The number of hydrogen-bond acceptors (Lipinski definition) is 9. The van der Waals surface area contributed by atoms with Gasteiger partial charge in [-0.2, -0.15) is 9.61 Å². The molecule has 1 aliphatic heterocycles. The lowest BCUT2D eigenvalue weighted by molar-refractivity contribution is 0.0571. The summed E-state index contributed by atoms with van der Waals surface area (Å²) in [4.78, 5) is 15.8. The van der Waals surface area contributed by atoms with Gasteiger partial charge in [-0.05, 0) is 40.5 Å². The predicted molar refractivity (Wildman–Crippen MR) is 123 cm³/mol. The van der Waals surface area contributed by atoms with Crippen molar-refractivity contribution in [3.8, 4) is 11.6 Å². The van der Waals surface area contributed by atoms with E-state index in [0.29, 0.717) is 23.8 Å². The Balaban J connectivity index is 1.44. The molecule has 0 aliphatic carbocycles. The first-order valence-corrected chi connectivity index (χ1v) is 11.1. The van der Waals surface area contributed by atoms with Gasteiger partial charge in [0.1, 0.15) is 12.0 Å². The number of nitrogens with zero attached hydrogens (tertiary/aromatic N) is 8. The van der Waals surface area contributed by atoms with E-state index in [1.807, 2.05) is 24.7 Å². The third-order valence-electron chi connectivity index (χ3n) is 6.13. The normalized spacial score (nSPS) is 17.2. The maximum Gasteiger partial charge on any atom is 0.245 e. The number of aromatic nitrogens is 7. The SMILES string of the molecule is Cc1c(-c2ncco2)nc(N)n2nc([C@@H]3CCCN(c4cnn(CC(C)(C)O)c4C)C3)nc12. The number of nitrogen functional groups attached to an aromatic ring is 1. The lowest BCUT2D eigenvalue weighted by Gasteiger charge is -2.33. The van der Waals surface area contributed by atoms with Crippen LogP contribution in [0, 0.1) is 13.8 Å². The topological polar surface area (TPSA) is 136 Å². The number of piperidine rings is 1. The van der Waals surface area contributed by atoms with Crippen LogP contribution < -0.4 is 10.6 Å². The largest absolute Gasteiger partial charge is 0.443 e. The van der Waals surface area contributed by atoms with Crippen LogP contribution in [0.1, 0.15) is 49.7 Å². The molecule has 0 amide bonds. The van der Waals surface area contributed by atoms with E-state index >= 15 is 0 Å². The molecule has 1 saturated heterocycles. The molecule has 4 aromatic rings. The summed E-state index contributed by atoms with van der Waals surface area (Å²) in [5.41, 5.74) is 9.56. The summed E-state index contributed by atoms with van der Waals surface area (Å²) in [6.45, 7) is 9.71. The molecule has 174 valence electrons. The zero-order valence-electron chi connectivity index (χ0n) is 19.4. The highest BCUT2D eigenvalue weighted by molar-refractivity contribution is 5.65. The van der Waals surface area contributed by atoms with Crippen molar-refractivity contribution in [2.75, 3.05) is 23.7 Å². The van der Waals surface area contributed by atoms with E-state index in [0.717, 1.165) is 48.7 Å². The van der Waals surface area contributed by atoms with E-state index in [-0.39, 0.29) is 11.9 Å². The summed E-state index contributed by atoms with van der Waals surface area (Å²) in [7, 11) is 0. The lowest BCUT2D eigenvalue weighted by atomic mass is 9.97. The number of hydrogen-bond donors (Lipinski definition) is 2. The van der Waals surface area contributed by atoms with Gasteiger partial charge in [-0.1, -0.05) is 0 Å². The quantitative estimate of drug-likeness (QED) is 0.468. The standard InChI is InChI=1S/C22H29N9O2/c1-13-17(20-24-7-9-33-20)26-21(23)31-19(13)27-18(28-31)15-6-5-8-29(11-15)16-10-25-30(14(16)2)12-22(3,4)32/h7,9-10,15,32H,5-6,8,11-12H2,1-4H3,(H2,23,26)/t15-/m1/s1. The van der Waals surface area contributed by atoms with Crippen molar-refractivity contribution < 1.29 is 9.52 Å². The Labute approximate surface area is 191 Å². The van der Waals surface area contributed by atoms with Crippen LogP contribution in [0.25, 0.3) is 17.2 Å². The van der Waals surface area contributed by atoms with Gasteiger partial charge in [0, 0.05) is 24.6 Å². The van der Waals surface area contributed by atoms with E-state index in [1.54, 1.807) is 24.6 Å². The van der Waals surface area contributed by atoms with Crippen molar-refractivity contribution in [2.24, 2.45) is 0 Å². The Bertz CT molecular complexity index is 1280. The highest BCUT2D eigenvalue weighted by atomic mass is 16.3. The maximum absolute atomic E-state index is 10.2. The molecule has 3 N–H and O–H groups in total. The fourth-order valence-corrected chi connectivity index (χ4v) is 4.48. The summed E-state index contributed by atoms with van der Waals surface area (Å²) >= 11 is 0. The number of aliphatic hydroxyl groups is 1. The highest BCUT2D eigenvalue weighted by Gasteiger charge is 2.28. The molecule has 0 aromatic carbocycles. The number of fused-ring (bicyclic) bond motifs is 1. The fraction of sp³-hybridized carbons (Fsp3) is 0.500. The van der Waals surface area contributed by atoms with Gasteiger partial charge in [-0.25, -0.2) is 15.0 Å². The molecule has 0 saturated carbocycles. The minimum atomic E-state index is -0.825. The molecule has 33 heavy (non-hydrogen) atoms. The second-order valence-corrected chi connectivity index (χ2v) is 9.36. The highest BCUT2D eigenvalue weighted by Crippen LogP contribution is 2.32. The molecular weight excluding hydrogens is 422 g/mol. The van der Waals surface area contributed by atoms with Crippen molar-refractivity contribution >= 4 is 17.3 Å². The van der Waals surface area contributed by atoms with E-state index < -0.39 is 5.60 Å². The first kappa shape index (κ1) is 21.4. The summed E-state index contributed by atoms with van der Waals surface area (Å²) < 4.78 is 8.88. The van der Waals surface area contributed by atoms with E-state index in [9.17, 15) is 5.11 Å². The van der Waals surface area contributed by atoms with Gasteiger partial charge in [-0.15, -0.1) is 5.10 Å². The van der Waals surface area contributed by atoms with Crippen LogP contribution in [0.5, 0.6) is 0 Å². The number of oxazole rings is 1. The summed E-state index contributed by atoms with van der Waals surface area (Å²) in [5.74, 6) is 1.56. The number of nitrogens with two attached hydrogens (primary N) is 1. The third-order valence-corrected chi connectivity index (χ3v) is 6.13. The molecular formula is C22H29N9O2. The van der Waals surface area contributed by atoms with Gasteiger partial charge in [-0.3, -0.25) is 4.68 Å². The first-order chi connectivity index (χ1) is 15.7. The van der Waals surface area contributed by atoms with Crippen molar-refractivity contribution in [1.82, 2.24) is 34.3 Å². The summed E-state index contributed by atoms with van der Waals surface area (Å²) in [5, 5.41) is 19.4. The molecule has 1 atom stereocenters. The van der Waals surface area contributed by atoms with Crippen LogP contribution >= 0.6 is 0 Å². The molecule has 1 aliphatic rings. The number of anilines is 2. The monoisotopic (exact) mass is 451 g/mol. The molecule has 0 radical (unpaired) electrons. The minimum Gasteiger partial charge on any atom is -0.443 e. The van der Waals surface area contributed by atoms with Crippen LogP contribution in [-0.2, 0) is 6.54 Å². The van der Waals surface area contributed by atoms with Crippen LogP contribution in [0.2, 0.25) is 0 Å². The van der Waals surface area contributed by atoms with E-state index in [2.05, 4.69) is 20.0 Å². The predicted octanol–water partition coefficient (Wildman–Crippen LogP) is 2.33. The molecule has 0 spiro atoms. The van der Waals surface area contributed by atoms with Crippen molar-refractivity contribution in [3.05, 3.63) is 35.7 Å². The molecule has 5 heterocycles. The summed E-state index contributed by atoms with van der Waals surface area (Å²) in [6.07, 6.45) is 6.98. The Morgan fingerprint density at radius 3 is 2.82 bits per heavy atom. The molecule has 0 unspecified atom stereocenters. The fourth-order valence-electron chi connectivity index (χ4n) is 4.48. The second-order valence-electron chi connectivity index (χ2n) is 9.36. The van der Waals surface area contributed by atoms with Gasteiger partial charge in [0.25, 0.3) is 0 Å². The van der Waals surface area contributed by atoms with Crippen LogP contribution in [0.4, 0.5) is 11.6 Å². The minimum absolute atomic E-state index is 0.152. The maximum atomic E-state index is 10.2. The Hall–Kier alpha value is -3.47. The van der Waals surface area contributed by atoms with Crippen molar-refractivity contribution in [2.45, 2.75) is 58.6 Å². The van der Waals surface area contributed by atoms with Gasteiger partial charge in [0.15, 0.2) is 11.5 Å². The molecule has 5 rings (SSSR count). The second kappa shape index (κ2) is 7.84. The van der Waals surface area contributed by atoms with Crippen molar-refractivity contribution in [1.29, 1.82) is 0 Å². The third kappa shape index (κ3) is 3.92. The zero-order valence-corrected chi connectivity index (χ0v) is 19.4. The van der Waals surface area contributed by atoms with Crippen LogP contribution in [0.15, 0.2) is 23.1 Å². The van der Waals surface area contributed by atoms with Gasteiger partial charge in [0.05, 0.1) is 35.9 Å². The van der Waals surface area contributed by atoms with Crippen molar-refractivity contribution in [3.63, 3.8) is 0 Å². The molecule has 0 bridgehead atoms. The molecule has 11 nitrogen and oxygen atoms in total. The van der Waals surface area contributed by atoms with Gasteiger partial charge < -0.3 is 20.2 Å². The van der Waals surface area contributed by atoms with Crippen LogP contribution in [0.3, 0.4) is 0 Å². The Morgan fingerprint density at radius 1 is 1.27 bits per heavy atom. The smallest absolute Gasteiger partial charge is 0.245 e. The van der Waals surface area contributed by atoms with Crippen LogP contribution in [-0.4, -0.2) is 58.1 Å². The Kier molecular flexibility index (Phi) is 5.08. The first-order valence-electron chi connectivity index (χ1n) is 11.1. The number of rotatable bonds is 5. The van der Waals surface area contributed by atoms with E-state index in [4.69, 9.17) is 20.2 Å². The van der Waals surface area contributed by atoms with Gasteiger partial charge in [0.2, 0.25) is 11.8 Å². The molecule has 1 fully saturated rings. The number of aryl methyl sites for hydroxylation is 1. The average molecular weight is 452 g/mol. The van der Waals surface area contributed by atoms with E-state index in [1.165, 1.54) is 6.26 Å².